The zero-order valence-corrected chi connectivity index (χ0v) is 11.5. The van der Waals surface area contributed by atoms with Gasteiger partial charge >= 0.3 is 11.7 Å². The van der Waals surface area contributed by atoms with E-state index in [1.54, 1.807) is 6.92 Å². The number of carboxylic acids is 1. The molecule has 0 bridgehead atoms. The molecule has 0 aliphatic rings. The molecule has 0 fully saturated rings. The van der Waals surface area contributed by atoms with Gasteiger partial charge in [-0.1, -0.05) is 13.3 Å². The van der Waals surface area contributed by atoms with E-state index in [1.807, 2.05) is 0 Å². The van der Waals surface area contributed by atoms with Crippen LogP contribution in [0.25, 0.3) is 0 Å². The predicted octanol–water partition coefficient (Wildman–Crippen LogP) is 3.13. The van der Waals surface area contributed by atoms with Crippen LogP contribution in [0.2, 0.25) is 0 Å². The van der Waals surface area contributed by atoms with Gasteiger partial charge in [-0.3, -0.25) is 10.1 Å². The van der Waals surface area contributed by atoms with Crippen molar-refractivity contribution in [2.75, 3.05) is 0 Å². The van der Waals surface area contributed by atoms with Crippen molar-refractivity contribution in [3.63, 3.8) is 0 Å². The Hall–Kier alpha value is -1.70. The maximum absolute atomic E-state index is 13.1. The highest BCUT2D eigenvalue weighted by Gasteiger charge is 2.26. The fourth-order valence-corrected chi connectivity index (χ4v) is 1.95. The third kappa shape index (κ3) is 3.88. The molecule has 0 heterocycles. The SMILES string of the molecule is CCCC(Oc1c(Br)cc(F)cc1[N+](=O)[O-])C(=O)O. The minimum absolute atomic E-state index is 0.00144. The molecule has 8 heteroatoms. The summed E-state index contributed by atoms with van der Waals surface area (Å²) in [5.41, 5.74) is -0.616. The van der Waals surface area contributed by atoms with E-state index in [1.165, 1.54) is 0 Å². The highest BCUT2D eigenvalue weighted by Crippen LogP contribution is 2.37. The van der Waals surface area contributed by atoms with E-state index in [2.05, 4.69) is 15.9 Å². The van der Waals surface area contributed by atoms with E-state index in [-0.39, 0.29) is 16.6 Å². The summed E-state index contributed by atoms with van der Waals surface area (Å²) in [6.07, 6.45) is -0.495. The number of nitro benzene ring substituents is 1. The van der Waals surface area contributed by atoms with Gasteiger partial charge in [-0.15, -0.1) is 0 Å². The first kappa shape index (κ1) is 15.4. The molecule has 0 spiro atoms. The number of ether oxygens (including phenoxy) is 1. The third-order valence-electron chi connectivity index (χ3n) is 2.27. The summed E-state index contributed by atoms with van der Waals surface area (Å²) in [4.78, 5) is 21.0. The van der Waals surface area contributed by atoms with Gasteiger partial charge in [0.15, 0.2) is 6.10 Å². The molecule has 0 amide bonds. The van der Waals surface area contributed by atoms with Crippen LogP contribution in [0.15, 0.2) is 16.6 Å². The Kier molecular flexibility index (Phi) is 5.22. The number of carbonyl (C=O) groups is 1. The van der Waals surface area contributed by atoms with Gasteiger partial charge in [0.05, 0.1) is 15.5 Å². The molecule has 1 rings (SSSR count). The Bertz CT molecular complexity index is 508. The molecule has 1 atom stereocenters. The van der Waals surface area contributed by atoms with Gasteiger partial charge in [0, 0.05) is 0 Å². The van der Waals surface area contributed by atoms with Gasteiger partial charge in [0.2, 0.25) is 5.75 Å². The lowest BCUT2D eigenvalue weighted by molar-refractivity contribution is -0.386. The highest BCUT2D eigenvalue weighted by molar-refractivity contribution is 9.10. The second-order valence-corrected chi connectivity index (χ2v) is 4.58. The van der Waals surface area contributed by atoms with Crippen molar-refractivity contribution in [3.05, 3.63) is 32.5 Å². The summed E-state index contributed by atoms with van der Waals surface area (Å²) >= 11 is 2.93. The zero-order valence-electron chi connectivity index (χ0n) is 9.93. The summed E-state index contributed by atoms with van der Waals surface area (Å²) in [7, 11) is 0. The van der Waals surface area contributed by atoms with Gasteiger partial charge in [-0.05, 0) is 28.4 Å². The maximum Gasteiger partial charge on any atom is 0.344 e. The van der Waals surface area contributed by atoms with E-state index >= 15 is 0 Å². The summed E-state index contributed by atoms with van der Waals surface area (Å²) in [5, 5.41) is 19.8. The molecule has 0 saturated heterocycles. The van der Waals surface area contributed by atoms with Crippen molar-refractivity contribution in [2.45, 2.75) is 25.9 Å². The molecule has 0 radical (unpaired) electrons. The quantitative estimate of drug-likeness (QED) is 0.637. The van der Waals surface area contributed by atoms with Crippen LogP contribution in [0.5, 0.6) is 5.75 Å². The minimum atomic E-state index is -1.23. The Morgan fingerprint density at radius 1 is 1.63 bits per heavy atom. The van der Waals surface area contributed by atoms with Gasteiger partial charge in [-0.2, -0.15) is 0 Å². The number of nitro groups is 1. The molecule has 0 saturated carbocycles. The molecular weight excluding hydrogens is 325 g/mol. The Morgan fingerprint density at radius 2 is 2.26 bits per heavy atom. The maximum atomic E-state index is 13.1. The fraction of sp³-hybridized carbons (Fsp3) is 0.364. The first-order valence-electron chi connectivity index (χ1n) is 5.39. The molecule has 1 aromatic carbocycles. The number of hydrogen-bond acceptors (Lipinski definition) is 4. The normalized spacial score (nSPS) is 11.9. The van der Waals surface area contributed by atoms with Crippen molar-refractivity contribution in [3.8, 4) is 5.75 Å². The summed E-state index contributed by atoms with van der Waals surface area (Å²) < 4.78 is 18.2. The molecule has 0 aliphatic carbocycles. The first-order valence-corrected chi connectivity index (χ1v) is 6.19. The lowest BCUT2D eigenvalue weighted by Gasteiger charge is -2.15. The summed E-state index contributed by atoms with van der Waals surface area (Å²) in [5.74, 6) is -2.33. The van der Waals surface area contributed by atoms with E-state index in [0.29, 0.717) is 12.5 Å². The summed E-state index contributed by atoms with van der Waals surface area (Å²) in [6, 6.07) is 1.66. The van der Waals surface area contributed by atoms with E-state index in [9.17, 15) is 19.3 Å². The molecular formula is C11H11BrFNO5. The van der Waals surface area contributed by atoms with Crippen LogP contribution in [0.3, 0.4) is 0 Å². The number of halogens is 2. The predicted molar refractivity (Wildman–Crippen MR) is 67.7 cm³/mol. The largest absolute Gasteiger partial charge is 0.479 e. The number of rotatable bonds is 6. The molecule has 0 aliphatic heterocycles. The second kappa shape index (κ2) is 6.46. The van der Waals surface area contributed by atoms with Crippen LogP contribution < -0.4 is 4.74 Å². The van der Waals surface area contributed by atoms with Crippen LogP contribution >= 0.6 is 15.9 Å². The van der Waals surface area contributed by atoms with E-state index < -0.39 is 28.5 Å². The number of nitrogens with zero attached hydrogens (tertiary/aromatic N) is 1. The number of hydrogen-bond donors (Lipinski definition) is 1. The molecule has 6 nitrogen and oxygen atoms in total. The molecule has 104 valence electrons. The van der Waals surface area contributed by atoms with Crippen molar-refractivity contribution in [1.82, 2.24) is 0 Å². The average molecular weight is 336 g/mol. The Balaban J connectivity index is 3.18. The van der Waals surface area contributed by atoms with E-state index in [4.69, 9.17) is 9.84 Å². The van der Waals surface area contributed by atoms with Crippen LogP contribution in [0.4, 0.5) is 10.1 Å². The lowest BCUT2D eigenvalue weighted by atomic mass is 10.2. The van der Waals surface area contributed by atoms with Gasteiger partial charge in [-0.25, -0.2) is 9.18 Å². The van der Waals surface area contributed by atoms with Crippen LogP contribution in [-0.4, -0.2) is 22.1 Å². The number of benzene rings is 1. The van der Waals surface area contributed by atoms with E-state index in [0.717, 1.165) is 6.07 Å². The average Bonchev–Trinajstić information content (AvgIpc) is 2.30. The molecule has 19 heavy (non-hydrogen) atoms. The molecule has 1 aromatic rings. The Labute approximate surface area is 116 Å². The standard InChI is InChI=1S/C11H11BrFNO5/c1-2-3-9(11(15)16)19-10-7(12)4-6(13)5-8(10)14(17)18/h4-5,9H,2-3H2,1H3,(H,15,16). The van der Waals surface area contributed by atoms with Crippen LogP contribution in [0, 0.1) is 15.9 Å². The van der Waals surface area contributed by atoms with Crippen LogP contribution in [0.1, 0.15) is 19.8 Å². The van der Waals surface area contributed by atoms with Gasteiger partial charge in [0.1, 0.15) is 5.82 Å². The van der Waals surface area contributed by atoms with Gasteiger partial charge in [0.25, 0.3) is 0 Å². The van der Waals surface area contributed by atoms with Crippen molar-refractivity contribution in [1.29, 1.82) is 0 Å². The van der Waals surface area contributed by atoms with Crippen molar-refractivity contribution in [2.24, 2.45) is 0 Å². The van der Waals surface area contributed by atoms with Gasteiger partial charge < -0.3 is 9.84 Å². The summed E-state index contributed by atoms with van der Waals surface area (Å²) in [6.45, 7) is 1.76. The van der Waals surface area contributed by atoms with Crippen molar-refractivity contribution < 1.29 is 24.0 Å². The highest BCUT2D eigenvalue weighted by atomic mass is 79.9. The topological polar surface area (TPSA) is 89.7 Å². The first-order chi connectivity index (χ1) is 8.86. The molecule has 0 aromatic heterocycles. The monoisotopic (exact) mass is 335 g/mol. The fourth-order valence-electron chi connectivity index (χ4n) is 1.44. The second-order valence-electron chi connectivity index (χ2n) is 3.73. The minimum Gasteiger partial charge on any atom is -0.479 e. The molecule has 1 unspecified atom stereocenters. The van der Waals surface area contributed by atoms with Crippen LogP contribution in [-0.2, 0) is 4.79 Å². The smallest absolute Gasteiger partial charge is 0.344 e. The van der Waals surface area contributed by atoms with Crippen molar-refractivity contribution >= 4 is 27.6 Å². The lowest BCUT2D eigenvalue weighted by Crippen LogP contribution is -2.27. The number of aliphatic carboxylic acids is 1. The Morgan fingerprint density at radius 3 is 2.74 bits per heavy atom. The third-order valence-corrected chi connectivity index (χ3v) is 2.86. The number of carboxylic acid groups (broad SMARTS) is 1. The molecule has 1 N–H and O–H groups in total. The zero-order chi connectivity index (χ0) is 14.6.